The van der Waals surface area contributed by atoms with Crippen molar-refractivity contribution in [2.45, 2.75) is 24.5 Å². The molecule has 1 fully saturated rings. The van der Waals surface area contributed by atoms with E-state index in [1.54, 1.807) is 4.90 Å². The van der Waals surface area contributed by atoms with Crippen molar-refractivity contribution in [2.24, 2.45) is 5.73 Å². The third-order valence-corrected chi connectivity index (χ3v) is 5.27. The fourth-order valence-electron chi connectivity index (χ4n) is 2.10. The Labute approximate surface area is 109 Å². The molecule has 0 bridgehead atoms. The van der Waals surface area contributed by atoms with Gasteiger partial charge in [0.25, 0.3) is 0 Å². The molecule has 5 heteroatoms. The Kier molecular flexibility index (Phi) is 5.76. The molecule has 1 heterocycles. The second kappa shape index (κ2) is 6.61. The molecule has 1 aliphatic rings. The Hall–Kier alpha value is -0.260. The predicted octanol–water partition coefficient (Wildman–Crippen LogP) is 0.621. The number of nitrogens with two attached hydrogens (primary N) is 1. The van der Waals surface area contributed by atoms with E-state index in [1.807, 2.05) is 25.7 Å². The Bertz CT molecular complexity index is 246. The van der Waals surface area contributed by atoms with Gasteiger partial charge in [-0.25, -0.2) is 0 Å². The average Bonchev–Trinajstić information content (AvgIpc) is 2.39. The first-order chi connectivity index (χ1) is 8.06. The van der Waals surface area contributed by atoms with Crippen molar-refractivity contribution in [3.8, 4) is 0 Å². The zero-order valence-electron chi connectivity index (χ0n) is 11.2. The van der Waals surface area contributed by atoms with Crippen molar-refractivity contribution in [1.82, 2.24) is 9.80 Å². The van der Waals surface area contributed by atoms with Crippen molar-refractivity contribution in [3.05, 3.63) is 0 Å². The molecule has 0 spiro atoms. The van der Waals surface area contributed by atoms with Crippen LogP contribution in [-0.2, 0) is 4.79 Å². The summed E-state index contributed by atoms with van der Waals surface area (Å²) in [7, 11) is 1.86. The summed E-state index contributed by atoms with van der Waals surface area (Å²) >= 11 is 1.88. The van der Waals surface area contributed by atoms with Crippen LogP contribution < -0.4 is 5.73 Å². The fraction of sp³-hybridized carbons (Fsp3) is 0.917. The first-order valence-electron chi connectivity index (χ1n) is 6.28. The maximum atomic E-state index is 11.8. The second-order valence-electron chi connectivity index (χ2n) is 4.78. The number of carbonyl (C=O) groups excluding carboxylic acids is 1. The van der Waals surface area contributed by atoms with Crippen LogP contribution in [0.2, 0.25) is 0 Å². The first kappa shape index (κ1) is 14.8. The van der Waals surface area contributed by atoms with Gasteiger partial charge in [0.15, 0.2) is 0 Å². The molecular formula is C12H25N3OS. The minimum absolute atomic E-state index is 0.219. The molecular weight excluding hydrogens is 234 g/mol. The van der Waals surface area contributed by atoms with E-state index < -0.39 is 0 Å². The summed E-state index contributed by atoms with van der Waals surface area (Å²) in [6.45, 7) is 6.05. The van der Waals surface area contributed by atoms with E-state index in [9.17, 15) is 4.79 Å². The van der Waals surface area contributed by atoms with E-state index in [2.05, 4.69) is 11.2 Å². The van der Waals surface area contributed by atoms with Crippen LogP contribution in [-0.4, -0.2) is 66.5 Å². The summed E-state index contributed by atoms with van der Waals surface area (Å²) in [5.74, 6) is 0.219. The lowest BCUT2D eigenvalue weighted by Gasteiger charge is -2.40. The van der Waals surface area contributed by atoms with E-state index in [0.29, 0.717) is 6.54 Å². The zero-order valence-corrected chi connectivity index (χ0v) is 12.1. The van der Waals surface area contributed by atoms with E-state index in [4.69, 9.17) is 5.73 Å². The number of amides is 1. The van der Waals surface area contributed by atoms with Crippen LogP contribution in [0.4, 0.5) is 0 Å². The molecule has 0 saturated carbocycles. The molecule has 0 aromatic carbocycles. The minimum Gasteiger partial charge on any atom is -0.345 e. The normalized spacial score (nSPS) is 20.2. The number of carbonyl (C=O) groups is 1. The van der Waals surface area contributed by atoms with Gasteiger partial charge in [0.1, 0.15) is 0 Å². The van der Waals surface area contributed by atoms with E-state index in [0.717, 1.165) is 39.0 Å². The molecule has 0 aromatic heterocycles. The lowest BCUT2D eigenvalue weighted by Crippen LogP contribution is -2.49. The molecule has 0 aromatic rings. The van der Waals surface area contributed by atoms with Gasteiger partial charge >= 0.3 is 0 Å². The van der Waals surface area contributed by atoms with Gasteiger partial charge in [0.05, 0.1) is 6.54 Å². The van der Waals surface area contributed by atoms with Gasteiger partial charge in [-0.2, -0.15) is 11.8 Å². The van der Waals surface area contributed by atoms with Gasteiger partial charge in [-0.3, -0.25) is 9.69 Å². The van der Waals surface area contributed by atoms with Crippen molar-refractivity contribution in [2.75, 3.05) is 46.0 Å². The molecule has 1 saturated heterocycles. The molecule has 0 radical (unpaired) electrons. The van der Waals surface area contributed by atoms with Crippen LogP contribution in [0.1, 0.15) is 19.8 Å². The summed E-state index contributed by atoms with van der Waals surface area (Å²) in [6, 6.07) is 0. The highest BCUT2D eigenvalue weighted by molar-refractivity contribution is 8.00. The summed E-state index contributed by atoms with van der Waals surface area (Å²) < 4.78 is 0.246. The van der Waals surface area contributed by atoms with Gasteiger partial charge in [0, 0.05) is 38.0 Å². The molecule has 4 nitrogen and oxygen atoms in total. The van der Waals surface area contributed by atoms with E-state index in [1.165, 1.54) is 0 Å². The Morgan fingerprint density at radius 2 is 2.06 bits per heavy atom. The Morgan fingerprint density at radius 3 is 2.47 bits per heavy atom. The third-order valence-electron chi connectivity index (χ3n) is 3.83. The largest absolute Gasteiger partial charge is 0.345 e. The molecule has 0 atom stereocenters. The standard InChI is InChI=1S/C12H25N3OS/c1-4-14(2)11(16)9-15-7-5-12(10-13,17-3)6-8-15/h4-10,13H2,1-3H3. The molecule has 2 N–H and O–H groups in total. The molecule has 100 valence electrons. The van der Waals surface area contributed by atoms with E-state index in [-0.39, 0.29) is 10.7 Å². The number of likely N-dealkylation sites (tertiary alicyclic amines) is 1. The van der Waals surface area contributed by atoms with Crippen molar-refractivity contribution in [1.29, 1.82) is 0 Å². The van der Waals surface area contributed by atoms with Crippen LogP contribution in [0.25, 0.3) is 0 Å². The molecule has 1 amide bonds. The summed E-state index contributed by atoms with van der Waals surface area (Å²) in [6.07, 6.45) is 4.32. The number of hydrogen-bond donors (Lipinski definition) is 1. The van der Waals surface area contributed by atoms with Crippen molar-refractivity contribution >= 4 is 17.7 Å². The highest BCUT2D eigenvalue weighted by Crippen LogP contribution is 2.33. The third kappa shape index (κ3) is 3.86. The SMILES string of the molecule is CCN(C)C(=O)CN1CCC(CN)(SC)CC1. The molecule has 0 unspecified atom stereocenters. The van der Waals surface area contributed by atoms with Crippen molar-refractivity contribution in [3.63, 3.8) is 0 Å². The topological polar surface area (TPSA) is 49.6 Å². The van der Waals surface area contributed by atoms with Crippen LogP contribution in [0.5, 0.6) is 0 Å². The molecule has 17 heavy (non-hydrogen) atoms. The van der Waals surface area contributed by atoms with Crippen LogP contribution >= 0.6 is 11.8 Å². The number of likely N-dealkylation sites (N-methyl/N-ethyl adjacent to an activating group) is 1. The van der Waals surface area contributed by atoms with Gasteiger partial charge < -0.3 is 10.6 Å². The smallest absolute Gasteiger partial charge is 0.236 e. The zero-order chi connectivity index (χ0) is 12.9. The lowest BCUT2D eigenvalue weighted by molar-refractivity contribution is -0.131. The Balaban J connectivity index is 2.39. The van der Waals surface area contributed by atoms with Crippen LogP contribution in [0, 0.1) is 0 Å². The predicted molar refractivity (Wildman–Crippen MR) is 74.3 cm³/mol. The number of nitrogens with zero attached hydrogens (tertiary/aromatic N) is 2. The maximum absolute atomic E-state index is 11.8. The van der Waals surface area contributed by atoms with Gasteiger partial charge in [-0.15, -0.1) is 0 Å². The Morgan fingerprint density at radius 1 is 1.47 bits per heavy atom. The number of hydrogen-bond acceptors (Lipinski definition) is 4. The number of piperidine rings is 1. The second-order valence-corrected chi connectivity index (χ2v) is 6.05. The number of thioether (sulfide) groups is 1. The van der Waals surface area contributed by atoms with Gasteiger partial charge in [-0.1, -0.05) is 0 Å². The maximum Gasteiger partial charge on any atom is 0.236 e. The monoisotopic (exact) mass is 259 g/mol. The quantitative estimate of drug-likeness (QED) is 0.786. The van der Waals surface area contributed by atoms with Crippen LogP contribution in [0.3, 0.4) is 0 Å². The molecule has 0 aliphatic carbocycles. The number of rotatable bonds is 5. The van der Waals surface area contributed by atoms with Crippen molar-refractivity contribution < 1.29 is 4.79 Å². The summed E-state index contributed by atoms with van der Waals surface area (Å²) in [4.78, 5) is 15.8. The summed E-state index contributed by atoms with van der Waals surface area (Å²) in [5.41, 5.74) is 5.85. The lowest BCUT2D eigenvalue weighted by atomic mass is 9.96. The average molecular weight is 259 g/mol. The minimum atomic E-state index is 0.219. The van der Waals surface area contributed by atoms with E-state index >= 15 is 0 Å². The first-order valence-corrected chi connectivity index (χ1v) is 7.51. The molecule has 1 aliphatic heterocycles. The molecule has 1 rings (SSSR count). The van der Waals surface area contributed by atoms with Crippen LogP contribution in [0.15, 0.2) is 0 Å². The summed E-state index contributed by atoms with van der Waals surface area (Å²) in [5, 5.41) is 0. The van der Waals surface area contributed by atoms with Gasteiger partial charge in [0.2, 0.25) is 5.91 Å². The highest BCUT2D eigenvalue weighted by atomic mass is 32.2. The fourth-order valence-corrected chi connectivity index (χ4v) is 2.86. The van der Waals surface area contributed by atoms with Gasteiger partial charge in [-0.05, 0) is 26.0 Å². The highest BCUT2D eigenvalue weighted by Gasteiger charge is 2.33.